The molecule has 2 aromatic carbocycles. The van der Waals surface area contributed by atoms with Crippen LogP contribution in [0.15, 0.2) is 54.6 Å². The normalized spacial score (nSPS) is 17.5. The Labute approximate surface area is 165 Å². The van der Waals surface area contributed by atoms with Gasteiger partial charge in [0.1, 0.15) is 18.5 Å². The van der Waals surface area contributed by atoms with Gasteiger partial charge in [0, 0.05) is 12.8 Å². The second-order valence-electron chi connectivity index (χ2n) is 7.77. The summed E-state index contributed by atoms with van der Waals surface area (Å²) in [6, 6.07) is 17.6. The van der Waals surface area contributed by atoms with Gasteiger partial charge < -0.3 is 9.84 Å². The van der Waals surface area contributed by atoms with E-state index >= 15 is 0 Å². The number of benzene rings is 2. The Hall–Kier alpha value is -2.66. The fourth-order valence-corrected chi connectivity index (χ4v) is 3.41. The van der Waals surface area contributed by atoms with E-state index in [1.54, 1.807) is 0 Å². The first-order chi connectivity index (χ1) is 13.4. The summed E-state index contributed by atoms with van der Waals surface area (Å²) in [6.45, 7) is 3.94. The van der Waals surface area contributed by atoms with Gasteiger partial charge in [-0.2, -0.15) is 0 Å². The quantitative estimate of drug-likeness (QED) is 0.744. The lowest BCUT2D eigenvalue weighted by Crippen LogP contribution is -2.50. The van der Waals surface area contributed by atoms with E-state index in [1.807, 2.05) is 68.4 Å². The van der Waals surface area contributed by atoms with Crippen LogP contribution < -0.4 is 4.74 Å². The zero-order valence-electron chi connectivity index (χ0n) is 16.4. The van der Waals surface area contributed by atoms with E-state index in [0.29, 0.717) is 18.6 Å². The molecule has 2 amide bonds. The number of hydrogen-bond acceptors (Lipinski definition) is 4. The number of aliphatic hydroxyl groups excluding tert-OH is 1. The molecule has 1 N–H and O–H groups in total. The van der Waals surface area contributed by atoms with Crippen LogP contribution in [0.5, 0.6) is 5.75 Å². The van der Waals surface area contributed by atoms with Gasteiger partial charge in [0.15, 0.2) is 0 Å². The van der Waals surface area contributed by atoms with Crippen molar-refractivity contribution in [3.05, 3.63) is 54.6 Å². The average molecular weight is 381 g/mol. The minimum atomic E-state index is -0.923. The van der Waals surface area contributed by atoms with E-state index < -0.39 is 6.10 Å². The lowest BCUT2D eigenvalue weighted by molar-refractivity contribution is -0.155. The SMILES string of the molecule is CCC1(C)CC(=O)N(C[C@H](O)COc2ccc(-c3ccccc3)cc2)C(=O)C1. The molecule has 0 radical (unpaired) electrons. The van der Waals surface area contributed by atoms with Crippen LogP contribution >= 0.6 is 0 Å². The highest BCUT2D eigenvalue weighted by molar-refractivity contribution is 5.98. The third kappa shape index (κ3) is 4.78. The number of β-amino-alcohol motifs (C(OH)–C–C–N with tert-alkyl or cyclic N) is 1. The third-order valence-electron chi connectivity index (χ3n) is 5.41. The predicted octanol–water partition coefficient (Wildman–Crippen LogP) is 3.66. The number of nitrogens with zero attached hydrogens (tertiary/aromatic N) is 1. The Morgan fingerprint density at radius 2 is 1.57 bits per heavy atom. The summed E-state index contributed by atoms with van der Waals surface area (Å²) in [5, 5.41) is 10.2. The van der Waals surface area contributed by atoms with Crippen molar-refractivity contribution in [1.82, 2.24) is 4.90 Å². The maximum Gasteiger partial charge on any atom is 0.229 e. The van der Waals surface area contributed by atoms with Crippen molar-refractivity contribution in [2.75, 3.05) is 13.2 Å². The van der Waals surface area contributed by atoms with Gasteiger partial charge in [-0.05, 0) is 35.1 Å². The summed E-state index contributed by atoms with van der Waals surface area (Å²) in [7, 11) is 0. The van der Waals surface area contributed by atoms with Gasteiger partial charge in [-0.1, -0.05) is 56.3 Å². The molecular formula is C23H27NO4. The first kappa shape index (κ1) is 20.1. The third-order valence-corrected chi connectivity index (χ3v) is 5.41. The molecule has 1 atom stereocenters. The Bertz CT molecular complexity index is 798. The van der Waals surface area contributed by atoms with Crippen LogP contribution in [0.1, 0.15) is 33.1 Å². The first-order valence-corrected chi connectivity index (χ1v) is 9.70. The maximum absolute atomic E-state index is 12.3. The highest BCUT2D eigenvalue weighted by Gasteiger charge is 2.39. The Kier molecular flexibility index (Phi) is 6.15. The average Bonchev–Trinajstić information content (AvgIpc) is 2.70. The van der Waals surface area contributed by atoms with Gasteiger partial charge in [-0.25, -0.2) is 0 Å². The zero-order valence-corrected chi connectivity index (χ0v) is 16.4. The molecule has 0 spiro atoms. The summed E-state index contributed by atoms with van der Waals surface area (Å²) < 4.78 is 5.63. The standard InChI is InChI=1S/C23H27NO4/c1-3-23(2)13-21(26)24(22(27)14-23)15-19(25)16-28-20-11-9-18(10-12-20)17-7-5-4-6-8-17/h4-12,19,25H,3,13-16H2,1-2H3/t19-/m0/s1. The first-order valence-electron chi connectivity index (χ1n) is 9.70. The summed E-state index contributed by atoms with van der Waals surface area (Å²) >= 11 is 0. The number of carbonyl (C=O) groups is 2. The van der Waals surface area contributed by atoms with Gasteiger partial charge in [-0.3, -0.25) is 14.5 Å². The summed E-state index contributed by atoms with van der Waals surface area (Å²) in [4.78, 5) is 25.8. The summed E-state index contributed by atoms with van der Waals surface area (Å²) in [5.74, 6) is 0.201. The Morgan fingerprint density at radius 3 is 2.14 bits per heavy atom. The van der Waals surface area contributed by atoms with E-state index in [-0.39, 0.29) is 30.4 Å². The molecule has 1 aliphatic rings. The number of rotatable bonds is 7. The second kappa shape index (κ2) is 8.57. The van der Waals surface area contributed by atoms with E-state index in [4.69, 9.17) is 4.74 Å². The minimum absolute atomic E-state index is 0.0206. The van der Waals surface area contributed by atoms with Crippen molar-refractivity contribution in [2.45, 2.75) is 39.2 Å². The highest BCUT2D eigenvalue weighted by Crippen LogP contribution is 2.35. The number of ether oxygens (including phenoxy) is 1. The van der Waals surface area contributed by atoms with Crippen molar-refractivity contribution in [3.63, 3.8) is 0 Å². The van der Waals surface area contributed by atoms with Crippen LogP contribution in [0, 0.1) is 5.41 Å². The van der Waals surface area contributed by atoms with Crippen LogP contribution in [-0.2, 0) is 9.59 Å². The van der Waals surface area contributed by atoms with Crippen LogP contribution in [0.25, 0.3) is 11.1 Å². The number of hydrogen-bond donors (Lipinski definition) is 1. The molecule has 1 fully saturated rings. The molecule has 1 heterocycles. The van der Waals surface area contributed by atoms with Gasteiger partial charge in [-0.15, -0.1) is 0 Å². The van der Waals surface area contributed by atoms with Crippen molar-refractivity contribution in [1.29, 1.82) is 0 Å². The van der Waals surface area contributed by atoms with Crippen molar-refractivity contribution in [2.24, 2.45) is 5.41 Å². The molecular weight excluding hydrogens is 354 g/mol. The monoisotopic (exact) mass is 381 g/mol. The molecule has 148 valence electrons. The Morgan fingerprint density at radius 1 is 1.00 bits per heavy atom. The van der Waals surface area contributed by atoms with Gasteiger partial charge in [0.25, 0.3) is 0 Å². The second-order valence-corrected chi connectivity index (χ2v) is 7.77. The van der Waals surface area contributed by atoms with E-state index in [0.717, 1.165) is 17.5 Å². The van der Waals surface area contributed by atoms with Crippen LogP contribution in [0.2, 0.25) is 0 Å². The van der Waals surface area contributed by atoms with E-state index in [2.05, 4.69) is 0 Å². The molecule has 5 heteroatoms. The molecule has 0 aliphatic carbocycles. The molecule has 3 rings (SSSR count). The van der Waals surface area contributed by atoms with Crippen molar-refractivity contribution >= 4 is 11.8 Å². The number of piperidine rings is 1. The number of amides is 2. The van der Waals surface area contributed by atoms with Crippen LogP contribution in [-0.4, -0.2) is 41.1 Å². The fourth-order valence-electron chi connectivity index (χ4n) is 3.41. The van der Waals surface area contributed by atoms with Crippen LogP contribution in [0.4, 0.5) is 0 Å². The van der Waals surface area contributed by atoms with E-state index in [1.165, 1.54) is 4.90 Å². The van der Waals surface area contributed by atoms with Crippen molar-refractivity contribution in [3.8, 4) is 16.9 Å². The van der Waals surface area contributed by atoms with Gasteiger partial charge >= 0.3 is 0 Å². The smallest absolute Gasteiger partial charge is 0.229 e. The number of imide groups is 1. The fraction of sp³-hybridized carbons (Fsp3) is 0.391. The number of aliphatic hydroxyl groups is 1. The molecule has 28 heavy (non-hydrogen) atoms. The summed E-state index contributed by atoms with van der Waals surface area (Å²) in [6.07, 6.45) is 0.531. The van der Waals surface area contributed by atoms with Crippen LogP contribution in [0.3, 0.4) is 0 Å². The minimum Gasteiger partial charge on any atom is -0.491 e. The zero-order chi connectivity index (χ0) is 20.1. The Balaban J connectivity index is 1.52. The topological polar surface area (TPSA) is 66.8 Å². The molecule has 0 aromatic heterocycles. The van der Waals surface area contributed by atoms with Crippen molar-refractivity contribution < 1.29 is 19.4 Å². The van der Waals surface area contributed by atoms with Gasteiger partial charge in [0.05, 0.1) is 6.54 Å². The molecule has 2 aromatic rings. The molecule has 0 bridgehead atoms. The summed E-state index contributed by atoms with van der Waals surface area (Å²) in [5.41, 5.74) is 1.93. The molecule has 0 saturated carbocycles. The maximum atomic E-state index is 12.3. The lowest BCUT2D eigenvalue weighted by Gasteiger charge is -2.37. The van der Waals surface area contributed by atoms with E-state index in [9.17, 15) is 14.7 Å². The number of carbonyl (C=O) groups excluding carboxylic acids is 2. The molecule has 1 aliphatic heterocycles. The largest absolute Gasteiger partial charge is 0.491 e. The molecule has 0 unspecified atom stereocenters. The molecule has 1 saturated heterocycles. The lowest BCUT2D eigenvalue weighted by atomic mass is 9.77. The molecule has 5 nitrogen and oxygen atoms in total. The highest BCUT2D eigenvalue weighted by atomic mass is 16.5. The number of likely N-dealkylation sites (tertiary alicyclic amines) is 1. The predicted molar refractivity (Wildman–Crippen MR) is 108 cm³/mol. The van der Waals surface area contributed by atoms with Gasteiger partial charge in [0.2, 0.25) is 11.8 Å².